The summed E-state index contributed by atoms with van der Waals surface area (Å²) in [5.74, 6) is -0.324. The zero-order chi connectivity index (χ0) is 9.84. The summed E-state index contributed by atoms with van der Waals surface area (Å²) < 4.78 is 4.94. The second-order valence-electron chi connectivity index (χ2n) is 2.84. The monoisotopic (exact) mass is 200 g/mol. The molecule has 0 saturated heterocycles. The SMILES string of the molecule is CN(C)COC(=O)c1ccc(N)s1. The van der Waals surface area contributed by atoms with E-state index < -0.39 is 0 Å². The van der Waals surface area contributed by atoms with Crippen molar-refractivity contribution in [3.05, 3.63) is 17.0 Å². The number of ether oxygens (including phenoxy) is 1. The zero-order valence-electron chi connectivity index (χ0n) is 7.61. The van der Waals surface area contributed by atoms with E-state index in [0.717, 1.165) is 0 Å². The molecule has 0 bridgehead atoms. The van der Waals surface area contributed by atoms with E-state index in [-0.39, 0.29) is 12.7 Å². The molecule has 1 rings (SSSR count). The number of hydrogen-bond donors (Lipinski definition) is 1. The highest BCUT2D eigenvalue weighted by atomic mass is 32.1. The molecule has 0 spiro atoms. The van der Waals surface area contributed by atoms with Gasteiger partial charge in [0.25, 0.3) is 0 Å². The van der Waals surface area contributed by atoms with Gasteiger partial charge < -0.3 is 10.5 Å². The van der Waals surface area contributed by atoms with Crippen LogP contribution < -0.4 is 5.73 Å². The van der Waals surface area contributed by atoms with Gasteiger partial charge in [0, 0.05) is 0 Å². The molecular weight excluding hydrogens is 188 g/mol. The zero-order valence-corrected chi connectivity index (χ0v) is 8.43. The minimum Gasteiger partial charge on any atom is -0.445 e. The number of carbonyl (C=O) groups excluding carboxylic acids is 1. The predicted octanol–water partition coefficient (Wildman–Crippen LogP) is 1.01. The van der Waals surface area contributed by atoms with Crippen LogP contribution in [-0.2, 0) is 4.74 Å². The van der Waals surface area contributed by atoms with Gasteiger partial charge in [0.15, 0.2) is 0 Å². The Hall–Kier alpha value is -1.07. The number of nitrogens with two attached hydrogens (primary N) is 1. The first kappa shape index (κ1) is 10.0. The fraction of sp³-hybridized carbons (Fsp3) is 0.375. The van der Waals surface area contributed by atoms with E-state index in [4.69, 9.17) is 10.5 Å². The van der Waals surface area contributed by atoms with Gasteiger partial charge in [-0.25, -0.2) is 4.79 Å². The second kappa shape index (κ2) is 4.25. The van der Waals surface area contributed by atoms with Crippen molar-refractivity contribution < 1.29 is 9.53 Å². The van der Waals surface area contributed by atoms with E-state index in [1.54, 1.807) is 17.0 Å². The molecule has 1 heterocycles. The molecule has 2 N–H and O–H groups in total. The van der Waals surface area contributed by atoms with Crippen LogP contribution >= 0.6 is 11.3 Å². The van der Waals surface area contributed by atoms with E-state index in [0.29, 0.717) is 9.88 Å². The first-order valence-corrected chi connectivity index (χ1v) is 4.58. The smallest absolute Gasteiger partial charge is 0.349 e. The Morgan fingerprint density at radius 3 is 2.77 bits per heavy atom. The van der Waals surface area contributed by atoms with Crippen molar-refractivity contribution in [1.29, 1.82) is 0 Å². The van der Waals surface area contributed by atoms with Gasteiger partial charge in [-0.2, -0.15) is 0 Å². The molecule has 0 aliphatic heterocycles. The van der Waals surface area contributed by atoms with Crippen LogP contribution in [0.15, 0.2) is 12.1 Å². The van der Waals surface area contributed by atoms with Gasteiger partial charge in [0.1, 0.15) is 11.6 Å². The van der Waals surface area contributed by atoms with Crippen molar-refractivity contribution in [3.8, 4) is 0 Å². The van der Waals surface area contributed by atoms with Crippen LogP contribution in [0, 0.1) is 0 Å². The number of nitrogen functional groups attached to an aromatic ring is 1. The van der Waals surface area contributed by atoms with Gasteiger partial charge in [-0.15, -0.1) is 11.3 Å². The molecule has 0 aliphatic carbocycles. The maximum absolute atomic E-state index is 11.3. The van der Waals surface area contributed by atoms with Gasteiger partial charge in [-0.05, 0) is 26.2 Å². The largest absolute Gasteiger partial charge is 0.445 e. The maximum atomic E-state index is 11.3. The maximum Gasteiger partial charge on any atom is 0.349 e. The van der Waals surface area contributed by atoms with Crippen molar-refractivity contribution in [1.82, 2.24) is 4.90 Å². The summed E-state index contributed by atoms with van der Waals surface area (Å²) in [6, 6.07) is 3.36. The first-order chi connectivity index (χ1) is 6.09. The van der Waals surface area contributed by atoms with E-state index in [2.05, 4.69) is 0 Å². The van der Waals surface area contributed by atoms with Crippen LogP contribution in [0.4, 0.5) is 5.00 Å². The highest BCUT2D eigenvalue weighted by molar-refractivity contribution is 7.17. The minimum atomic E-state index is -0.324. The molecule has 0 amide bonds. The number of rotatable bonds is 3. The lowest BCUT2D eigenvalue weighted by atomic mass is 10.5. The number of nitrogens with zero attached hydrogens (tertiary/aromatic N) is 1. The molecule has 5 heteroatoms. The minimum absolute atomic E-state index is 0.288. The third-order valence-corrected chi connectivity index (χ3v) is 2.18. The fourth-order valence-electron chi connectivity index (χ4n) is 0.721. The Morgan fingerprint density at radius 2 is 2.31 bits per heavy atom. The molecule has 0 radical (unpaired) electrons. The van der Waals surface area contributed by atoms with Crippen LogP contribution in [0.5, 0.6) is 0 Å². The molecule has 0 aromatic carbocycles. The molecular formula is C8H12N2O2S. The van der Waals surface area contributed by atoms with Crippen molar-refractivity contribution in [2.75, 3.05) is 26.6 Å². The Morgan fingerprint density at radius 1 is 1.62 bits per heavy atom. The lowest BCUT2D eigenvalue weighted by Crippen LogP contribution is -2.18. The van der Waals surface area contributed by atoms with Crippen LogP contribution in [0.2, 0.25) is 0 Å². The summed E-state index contributed by atoms with van der Waals surface area (Å²) in [6.45, 7) is 0.288. The lowest BCUT2D eigenvalue weighted by Gasteiger charge is -2.08. The van der Waals surface area contributed by atoms with E-state index >= 15 is 0 Å². The normalized spacial score (nSPS) is 10.4. The number of thiophene rings is 1. The summed E-state index contributed by atoms with van der Waals surface area (Å²) in [5, 5.41) is 0.622. The lowest BCUT2D eigenvalue weighted by molar-refractivity contribution is 0.0325. The van der Waals surface area contributed by atoms with Crippen LogP contribution in [0.25, 0.3) is 0 Å². The third-order valence-electron chi connectivity index (χ3n) is 1.28. The van der Waals surface area contributed by atoms with E-state index in [1.165, 1.54) is 11.3 Å². The number of esters is 1. The van der Waals surface area contributed by atoms with Crippen LogP contribution in [-0.4, -0.2) is 31.7 Å². The molecule has 0 unspecified atom stereocenters. The van der Waals surface area contributed by atoms with Crippen LogP contribution in [0.3, 0.4) is 0 Å². The van der Waals surface area contributed by atoms with Gasteiger partial charge in [-0.1, -0.05) is 0 Å². The molecule has 72 valence electrons. The summed E-state index contributed by atoms with van der Waals surface area (Å²) in [7, 11) is 3.66. The second-order valence-corrected chi connectivity index (χ2v) is 3.96. The van der Waals surface area contributed by atoms with Crippen molar-refractivity contribution in [3.63, 3.8) is 0 Å². The molecule has 4 nitrogen and oxygen atoms in total. The van der Waals surface area contributed by atoms with Gasteiger partial charge in [0.2, 0.25) is 0 Å². The predicted molar refractivity (Wildman–Crippen MR) is 52.7 cm³/mol. The Kier molecular flexibility index (Phi) is 3.27. The average molecular weight is 200 g/mol. The Bertz CT molecular complexity index is 296. The molecule has 1 aromatic rings. The molecule has 0 fully saturated rings. The summed E-state index contributed by atoms with van der Waals surface area (Å²) in [6.07, 6.45) is 0. The number of anilines is 1. The number of carbonyl (C=O) groups is 1. The Balaban J connectivity index is 2.49. The first-order valence-electron chi connectivity index (χ1n) is 3.77. The molecule has 0 atom stereocenters. The molecule has 0 saturated carbocycles. The topological polar surface area (TPSA) is 55.6 Å². The van der Waals surface area contributed by atoms with Gasteiger partial charge in [0.05, 0.1) is 5.00 Å². The van der Waals surface area contributed by atoms with E-state index in [1.807, 2.05) is 14.1 Å². The highest BCUT2D eigenvalue weighted by Crippen LogP contribution is 2.18. The van der Waals surface area contributed by atoms with Crippen molar-refractivity contribution in [2.24, 2.45) is 0 Å². The summed E-state index contributed by atoms with van der Waals surface area (Å²) in [4.78, 5) is 13.6. The average Bonchev–Trinajstić information content (AvgIpc) is 2.47. The standard InChI is InChI=1S/C8H12N2O2S/c1-10(2)5-12-8(11)6-3-4-7(9)13-6/h3-4H,5,9H2,1-2H3. The third kappa shape index (κ3) is 3.04. The van der Waals surface area contributed by atoms with Crippen molar-refractivity contribution >= 4 is 22.3 Å². The van der Waals surface area contributed by atoms with E-state index in [9.17, 15) is 4.79 Å². The van der Waals surface area contributed by atoms with Gasteiger partial charge in [-0.3, -0.25) is 4.90 Å². The van der Waals surface area contributed by atoms with Crippen molar-refractivity contribution in [2.45, 2.75) is 0 Å². The Labute approximate surface area is 80.9 Å². The number of hydrogen-bond acceptors (Lipinski definition) is 5. The summed E-state index contributed by atoms with van der Waals surface area (Å²) >= 11 is 1.23. The molecule has 13 heavy (non-hydrogen) atoms. The fourth-order valence-corrected chi connectivity index (χ4v) is 1.39. The molecule has 1 aromatic heterocycles. The van der Waals surface area contributed by atoms with Crippen LogP contribution in [0.1, 0.15) is 9.67 Å². The highest BCUT2D eigenvalue weighted by Gasteiger charge is 2.09. The van der Waals surface area contributed by atoms with Gasteiger partial charge >= 0.3 is 5.97 Å². The quantitative estimate of drug-likeness (QED) is 0.584. The summed E-state index contributed by atoms with van der Waals surface area (Å²) in [5.41, 5.74) is 5.47. The molecule has 0 aliphatic rings.